The van der Waals surface area contributed by atoms with Crippen LogP contribution in [0.3, 0.4) is 0 Å². The summed E-state index contributed by atoms with van der Waals surface area (Å²) >= 11 is 5.22. The molecule has 0 fully saturated rings. The molecule has 6 nitrogen and oxygen atoms in total. The van der Waals surface area contributed by atoms with Crippen molar-refractivity contribution in [2.75, 3.05) is 5.32 Å². The maximum atomic E-state index is 13.7. The van der Waals surface area contributed by atoms with Gasteiger partial charge in [0.1, 0.15) is 11.6 Å². The maximum absolute atomic E-state index is 13.7. The van der Waals surface area contributed by atoms with E-state index in [0.717, 1.165) is 17.7 Å². The van der Waals surface area contributed by atoms with Crippen LogP contribution in [0.25, 0.3) is 0 Å². The molecule has 3 rings (SSSR count). The van der Waals surface area contributed by atoms with Gasteiger partial charge < -0.3 is 10.6 Å². The van der Waals surface area contributed by atoms with E-state index in [-0.39, 0.29) is 10.5 Å². The van der Waals surface area contributed by atoms with E-state index >= 15 is 0 Å². The van der Waals surface area contributed by atoms with Gasteiger partial charge in [-0.15, -0.1) is 0 Å². The Bertz CT molecular complexity index is 1110. The Labute approximate surface area is 178 Å². The van der Waals surface area contributed by atoms with Gasteiger partial charge in [0.15, 0.2) is 5.11 Å². The minimum Gasteiger partial charge on any atom is -0.358 e. The standard InChI is InChI=1S/C20H18F2N4O2S2/c21-18-2-1-3-19(22)17(18)13-25-30(27,28)16-6-4-15(5-7-16)26-20(29)24-12-14-8-10-23-11-9-14/h1-11,25H,12-13H2,(H2,24,26,29). The fraction of sp³-hybridized carbons (Fsp3) is 0.100. The van der Waals surface area contributed by atoms with Gasteiger partial charge in [-0.25, -0.2) is 21.9 Å². The average Bonchev–Trinajstić information content (AvgIpc) is 2.73. The fourth-order valence-corrected chi connectivity index (χ4v) is 3.71. The third kappa shape index (κ3) is 5.78. The number of benzene rings is 2. The first-order valence-corrected chi connectivity index (χ1v) is 10.7. The molecule has 3 N–H and O–H groups in total. The summed E-state index contributed by atoms with van der Waals surface area (Å²) in [5, 5.41) is 6.36. The third-order valence-corrected chi connectivity index (χ3v) is 5.79. The number of halogens is 2. The second kappa shape index (κ2) is 9.70. The van der Waals surface area contributed by atoms with E-state index in [4.69, 9.17) is 12.2 Å². The predicted octanol–water partition coefficient (Wildman–Crippen LogP) is 3.32. The number of sulfonamides is 1. The zero-order valence-electron chi connectivity index (χ0n) is 15.6. The van der Waals surface area contributed by atoms with Gasteiger partial charge in [0.05, 0.1) is 4.90 Å². The molecule has 2 aromatic carbocycles. The molecule has 0 aliphatic carbocycles. The van der Waals surface area contributed by atoms with Crippen molar-refractivity contribution in [3.63, 3.8) is 0 Å². The van der Waals surface area contributed by atoms with E-state index in [0.29, 0.717) is 17.3 Å². The fourth-order valence-electron chi connectivity index (χ4n) is 2.53. The molecule has 3 aromatic rings. The highest BCUT2D eigenvalue weighted by Crippen LogP contribution is 2.16. The number of hydrogen-bond acceptors (Lipinski definition) is 4. The van der Waals surface area contributed by atoms with E-state index in [1.807, 2.05) is 12.1 Å². The Balaban J connectivity index is 1.58. The summed E-state index contributed by atoms with van der Waals surface area (Å²) in [5.74, 6) is -1.63. The van der Waals surface area contributed by atoms with Gasteiger partial charge in [-0.2, -0.15) is 0 Å². The van der Waals surface area contributed by atoms with Crippen LogP contribution in [-0.4, -0.2) is 18.5 Å². The average molecular weight is 449 g/mol. The lowest BCUT2D eigenvalue weighted by molar-refractivity contribution is 0.544. The molecule has 0 saturated heterocycles. The van der Waals surface area contributed by atoms with Gasteiger partial charge in [-0.05, 0) is 66.3 Å². The zero-order chi connectivity index (χ0) is 21.6. The Hall–Kier alpha value is -2.95. The molecular weight excluding hydrogens is 430 g/mol. The largest absolute Gasteiger partial charge is 0.358 e. The number of hydrogen-bond donors (Lipinski definition) is 3. The van der Waals surface area contributed by atoms with Crippen LogP contribution in [0.15, 0.2) is 71.9 Å². The summed E-state index contributed by atoms with van der Waals surface area (Å²) in [4.78, 5) is 3.90. The van der Waals surface area contributed by atoms with E-state index < -0.39 is 28.2 Å². The highest BCUT2D eigenvalue weighted by atomic mass is 32.2. The second-order valence-corrected chi connectivity index (χ2v) is 8.39. The molecule has 0 aliphatic rings. The highest BCUT2D eigenvalue weighted by molar-refractivity contribution is 7.89. The Morgan fingerprint density at radius 1 is 0.933 bits per heavy atom. The molecule has 10 heteroatoms. The van der Waals surface area contributed by atoms with Crippen LogP contribution in [0, 0.1) is 11.6 Å². The van der Waals surface area contributed by atoms with Crippen molar-refractivity contribution < 1.29 is 17.2 Å². The smallest absolute Gasteiger partial charge is 0.240 e. The van der Waals surface area contributed by atoms with Crippen molar-refractivity contribution in [2.24, 2.45) is 0 Å². The van der Waals surface area contributed by atoms with Crippen molar-refractivity contribution in [2.45, 2.75) is 18.0 Å². The van der Waals surface area contributed by atoms with Gasteiger partial charge >= 0.3 is 0 Å². The van der Waals surface area contributed by atoms with Gasteiger partial charge in [-0.1, -0.05) is 6.07 Å². The number of nitrogens with one attached hydrogen (secondary N) is 3. The summed E-state index contributed by atoms with van der Waals surface area (Å²) < 4.78 is 54.3. The lowest BCUT2D eigenvalue weighted by Gasteiger charge is -2.12. The summed E-state index contributed by atoms with van der Waals surface area (Å²) in [6.07, 6.45) is 3.36. The molecule has 1 heterocycles. The van der Waals surface area contributed by atoms with Crippen molar-refractivity contribution >= 4 is 33.0 Å². The lowest BCUT2D eigenvalue weighted by atomic mass is 10.2. The molecule has 0 atom stereocenters. The van der Waals surface area contributed by atoms with Crippen LogP contribution < -0.4 is 15.4 Å². The third-order valence-electron chi connectivity index (χ3n) is 4.13. The lowest BCUT2D eigenvalue weighted by Crippen LogP contribution is -2.28. The highest BCUT2D eigenvalue weighted by Gasteiger charge is 2.16. The maximum Gasteiger partial charge on any atom is 0.240 e. The van der Waals surface area contributed by atoms with Gasteiger partial charge in [0, 0.05) is 36.7 Å². The summed E-state index contributed by atoms with van der Waals surface area (Å²) in [6.45, 7) is 0.0151. The first-order chi connectivity index (χ1) is 14.3. The Kier molecular flexibility index (Phi) is 7.03. The minimum atomic E-state index is -3.95. The molecule has 156 valence electrons. The first kappa shape index (κ1) is 21.8. The number of anilines is 1. The monoisotopic (exact) mass is 448 g/mol. The van der Waals surface area contributed by atoms with Gasteiger partial charge in [0.2, 0.25) is 10.0 Å². The van der Waals surface area contributed by atoms with Crippen molar-refractivity contribution in [1.82, 2.24) is 15.0 Å². The molecular formula is C20H18F2N4O2S2. The molecule has 0 saturated carbocycles. The van der Waals surface area contributed by atoms with Gasteiger partial charge in [-0.3, -0.25) is 4.98 Å². The van der Waals surface area contributed by atoms with Crippen LogP contribution >= 0.6 is 12.2 Å². The van der Waals surface area contributed by atoms with Crippen molar-refractivity contribution in [3.8, 4) is 0 Å². The molecule has 0 unspecified atom stereocenters. The van der Waals surface area contributed by atoms with E-state index in [9.17, 15) is 17.2 Å². The SMILES string of the molecule is O=S(=O)(NCc1c(F)cccc1F)c1ccc(NC(=S)NCc2ccncc2)cc1. The molecule has 0 aliphatic heterocycles. The summed E-state index contributed by atoms with van der Waals surface area (Å²) in [5.41, 5.74) is 1.25. The van der Waals surface area contributed by atoms with E-state index in [2.05, 4.69) is 20.3 Å². The van der Waals surface area contributed by atoms with Crippen LogP contribution in [0.1, 0.15) is 11.1 Å². The van der Waals surface area contributed by atoms with E-state index in [1.54, 1.807) is 24.5 Å². The molecule has 1 aromatic heterocycles. The number of pyridine rings is 1. The van der Waals surface area contributed by atoms with Crippen LogP contribution in [-0.2, 0) is 23.1 Å². The van der Waals surface area contributed by atoms with Crippen LogP contribution in [0.4, 0.5) is 14.5 Å². The minimum absolute atomic E-state index is 0.0412. The topological polar surface area (TPSA) is 83.1 Å². The molecule has 0 radical (unpaired) electrons. The first-order valence-electron chi connectivity index (χ1n) is 8.81. The van der Waals surface area contributed by atoms with E-state index in [1.165, 1.54) is 18.2 Å². The molecule has 30 heavy (non-hydrogen) atoms. The second-order valence-electron chi connectivity index (χ2n) is 6.21. The van der Waals surface area contributed by atoms with Crippen molar-refractivity contribution in [1.29, 1.82) is 0 Å². The van der Waals surface area contributed by atoms with Gasteiger partial charge in [0.25, 0.3) is 0 Å². The van der Waals surface area contributed by atoms with Crippen molar-refractivity contribution in [3.05, 3.63) is 89.8 Å². The summed E-state index contributed by atoms with van der Waals surface area (Å²) in [7, 11) is -3.95. The van der Waals surface area contributed by atoms with Crippen LogP contribution in [0.5, 0.6) is 0 Å². The summed E-state index contributed by atoms with van der Waals surface area (Å²) in [6, 6.07) is 12.9. The number of nitrogens with zero attached hydrogens (tertiary/aromatic N) is 1. The quantitative estimate of drug-likeness (QED) is 0.481. The predicted molar refractivity (Wildman–Crippen MR) is 114 cm³/mol. The Morgan fingerprint density at radius 2 is 1.57 bits per heavy atom. The normalized spacial score (nSPS) is 11.1. The molecule has 0 spiro atoms. The van der Waals surface area contributed by atoms with Crippen LogP contribution in [0.2, 0.25) is 0 Å². The Morgan fingerprint density at radius 3 is 2.20 bits per heavy atom. The molecule has 0 amide bonds. The number of rotatable bonds is 7. The number of thiocarbonyl (C=S) groups is 1. The molecule has 0 bridgehead atoms. The zero-order valence-corrected chi connectivity index (χ0v) is 17.2. The number of aromatic nitrogens is 1.